The van der Waals surface area contributed by atoms with Crippen molar-refractivity contribution in [3.05, 3.63) is 120 Å². The van der Waals surface area contributed by atoms with Crippen molar-refractivity contribution in [2.75, 3.05) is 17.0 Å². The van der Waals surface area contributed by atoms with Crippen LogP contribution in [0.5, 0.6) is 0 Å². The number of imidazole rings is 1. The molecular formula is C47H47N5O2. The predicted octanol–water partition coefficient (Wildman–Crippen LogP) is 12.6. The van der Waals surface area contributed by atoms with Crippen molar-refractivity contribution >= 4 is 55.1 Å². The molecular weight excluding hydrogens is 667 g/mol. The van der Waals surface area contributed by atoms with Gasteiger partial charge in [0.1, 0.15) is 18.1 Å². The summed E-state index contributed by atoms with van der Waals surface area (Å²) in [6.45, 7) is 10.1. The van der Waals surface area contributed by atoms with Crippen LogP contribution in [0.3, 0.4) is 0 Å². The number of nitrogens with zero attached hydrogens (tertiary/aromatic N) is 4. The Morgan fingerprint density at radius 3 is 2.13 bits per heavy atom. The van der Waals surface area contributed by atoms with Crippen LogP contribution in [0.15, 0.2) is 108 Å². The van der Waals surface area contributed by atoms with E-state index in [-0.39, 0.29) is 0 Å². The van der Waals surface area contributed by atoms with Crippen molar-refractivity contribution in [1.82, 2.24) is 14.1 Å². The molecule has 0 bridgehead atoms. The molecule has 1 aliphatic heterocycles. The number of rotatable bonds is 8. The molecule has 0 amide bonds. The molecule has 272 valence electrons. The zero-order valence-electron chi connectivity index (χ0n) is 31.6. The van der Waals surface area contributed by atoms with E-state index < -0.39 is 0 Å². The number of nitrogens with one attached hydrogen (secondary N) is 1. The summed E-state index contributed by atoms with van der Waals surface area (Å²) in [5, 5.41) is 10.5. The van der Waals surface area contributed by atoms with Crippen LogP contribution in [0.2, 0.25) is 0 Å². The Morgan fingerprint density at radius 2 is 1.41 bits per heavy atom. The Hall–Kier alpha value is -5.53. The van der Waals surface area contributed by atoms with Gasteiger partial charge in [-0.25, -0.2) is 14.9 Å². The smallest absolute Gasteiger partial charge is 0.159 e. The third-order valence-corrected chi connectivity index (χ3v) is 12.0. The van der Waals surface area contributed by atoms with E-state index in [4.69, 9.17) is 14.2 Å². The Labute approximate surface area is 316 Å². The van der Waals surface area contributed by atoms with E-state index in [2.05, 4.69) is 139 Å². The first-order chi connectivity index (χ1) is 26.4. The lowest BCUT2D eigenvalue weighted by Crippen LogP contribution is -2.24. The van der Waals surface area contributed by atoms with Crippen LogP contribution in [0, 0.1) is 0 Å². The van der Waals surface area contributed by atoms with Gasteiger partial charge in [-0.2, -0.15) is 0 Å². The lowest BCUT2D eigenvalue weighted by Gasteiger charge is -2.22. The largest absolute Gasteiger partial charge is 0.453 e. The first kappa shape index (κ1) is 33.1. The summed E-state index contributed by atoms with van der Waals surface area (Å²) in [5.74, 6) is 2.33. The van der Waals surface area contributed by atoms with Crippen molar-refractivity contribution in [3.8, 4) is 16.8 Å². The molecule has 2 aliphatic rings. The van der Waals surface area contributed by atoms with Crippen LogP contribution in [-0.2, 0) is 11.6 Å². The van der Waals surface area contributed by atoms with Gasteiger partial charge in [-0.1, -0.05) is 95.5 Å². The summed E-state index contributed by atoms with van der Waals surface area (Å²) in [4.78, 5) is 11.6. The molecule has 10 rings (SSSR count). The summed E-state index contributed by atoms with van der Waals surface area (Å²) < 4.78 is 11.7. The SMILES string of the molecule is CC(C)c1cc(-c2cccc3c2NCN3OCn2c3ccccc3c3ccccc32)c2oc3c(-n4ccnc4C4CCCCC4)cc(C(C)C)cc3c2c1. The second-order valence-corrected chi connectivity index (χ2v) is 15.9. The fourth-order valence-corrected chi connectivity index (χ4v) is 9.01. The van der Waals surface area contributed by atoms with E-state index in [0.29, 0.717) is 31.2 Å². The highest BCUT2D eigenvalue weighted by Crippen LogP contribution is 2.47. The average molecular weight is 714 g/mol. The topological polar surface area (TPSA) is 60.4 Å². The maximum absolute atomic E-state index is 7.15. The number of fused-ring (bicyclic) bond motifs is 7. The summed E-state index contributed by atoms with van der Waals surface area (Å²) in [6.07, 6.45) is 10.3. The second-order valence-electron chi connectivity index (χ2n) is 15.9. The summed E-state index contributed by atoms with van der Waals surface area (Å²) in [6, 6.07) is 33.0. The van der Waals surface area contributed by atoms with Gasteiger partial charge >= 0.3 is 0 Å². The average Bonchev–Trinajstić information content (AvgIpc) is 4.00. The summed E-state index contributed by atoms with van der Waals surface area (Å²) >= 11 is 0. The minimum Gasteiger partial charge on any atom is -0.453 e. The lowest BCUT2D eigenvalue weighted by molar-refractivity contribution is 0.0654. The monoisotopic (exact) mass is 713 g/mol. The standard InChI is InChI=1S/C47H47N5O2/c1-29(2)32-23-37(36-17-12-20-42-44(36)49-27-52(42)53-28-51-40-18-10-8-15-34(40)35-16-9-11-19-41(35)51)45-38(24-32)39-25-33(30(3)4)26-43(46(39)54-45)50-22-21-48-47(50)31-13-6-5-7-14-31/h8-12,15-26,29-31,49H,5-7,13-14,27-28H2,1-4H3. The van der Waals surface area contributed by atoms with Gasteiger partial charge in [0.15, 0.2) is 12.3 Å². The van der Waals surface area contributed by atoms with Crippen molar-refractivity contribution in [2.45, 2.75) is 84.3 Å². The molecule has 0 saturated heterocycles. The molecule has 8 aromatic rings. The van der Waals surface area contributed by atoms with E-state index in [1.807, 2.05) is 11.3 Å². The number of para-hydroxylation sites is 3. The zero-order valence-corrected chi connectivity index (χ0v) is 31.6. The molecule has 4 heterocycles. The fraction of sp³-hybridized carbons (Fsp3) is 0.298. The highest BCUT2D eigenvalue weighted by molar-refractivity contribution is 6.13. The van der Waals surface area contributed by atoms with Crippen LogP contribution >= 0.6 is 0 Å². The molecule has 7 heteroatoms. The first-order valence-corrected chi connectivity index (χ1v) is 19.8. The number of hydroxylamine groups is 1. The third kappa shape index (κ3) is 5.31. The third-order valence-electron chi connectivity index (χ3n) is 12.0. The normalized spacial score (nSPS) is 15.1. The maximum Gasteiger partial charge on any atom is 0.159 e. The van der Waals surface area contributed by atoms with E-state index in [1.54, 1.807) is 0 Å². The number of hydrogen-bond donors (Lipinski definition) is 1. The predicted molar refractivity (Wildman–Crippen MR) is 222 cm³/mol. The van der Waals surface area contributed by atoms with E-state index in [0.717, 1.165) is 56.0 Å². The molecule has 1 fully saturated rings. The van der Waals surface area contributed by atoms with Gasteiger partial charge < -0.3 is 14.3 Å². The zero-order chi connectivity index (χ0) is 36.5. The molecule has 1 saturated carbocycles. The van der Waals surface area contributed by atoms with E-state index >= 15 is 0 Å². The van der Waals surface area contributed by atoms with Gasteiger partial charge in [-0.3, -0.25) is 4.57 Å². The number of anilines is 2. The van der Waals surface area contributed by atoms with Crippen molar-refractivity contribution in [2.24, 2.45) is 0 Å². The summed E-state index contributed by atoms with van der Waals surface area (Å²) in [5.41, 5.74) is 12.1. The van der Waals surface area contributed by atoms with Gasteiger partial charge in [-0.05, 0) is 78.3 Å². The first-order valence-electron chi connectivity index (χ1n) is 19.8. The molecule has 7 nitrogen and oxygen atoms in total. The van der Waals surface area contributed by atoms with Gasteiger partial charge in [0.2, 0.25) is 0 Å². The van der Waals surface area contributed by atoms with Gasteiger partial charge in [0, 0.05) is 51.0 Å². The molecule has 0 atom stereocenters. The molecule has 3 aromatic heterocycles. The van der Waals surface area contributed by atoms with E-state index in [9.17, 15) is 0 Å². The van der Waals surface area contributed by atoms with Gasteiger partial charge in [-0.15, -0.1) is 0 Å². The Balaban J connectivity index is 1.09. The highest BCUT2D eigenvalue weighted by atomic mass is 16.7. The molecule has 1 N–H and O–H groups in total. The van der Waals surface area contributed by atoms with Crippen molar-refractivity contribution in [1.29, 1.82) is 0 Å². The fourth-order valence-electron chi connectivity index (χ4n) is 9.01. The minimum atomic E-state index is 0.341. The number of aromatic nitrogens is 3. The number of hydrogen-bond acceptors (Lipinski definition) is 5. The quantitative estimate of drug-likeness (QED) is 0.170. The van der Waals surface area contributed by atoms with Crippen LogP contribution < -0.4 is 10.4 Å². The van der Waals surface area contributed by atoms with Gasteiger partial charge in [0.25, 0.3) is 0 Å². The number of benzene rings is 5. The molecule has 5 aromatic carbocycles. The number of furan rings is 1. The van der Waals surface area contributed by atoms with E-state index in [1.165, 1.54) is 65.0 Å². The van der Waals surface area contributed by atoms with Crippen molar-refractivity contribution in [3.63, 3.8) is 0 Å². The molecule has 1 aliphatic carbocycles. The molecule has 0 radical (unpaired) electrons. The van der Waals surface area contributed by atoms with Crippen LogP contribution in [0.25, 0.3) is 60.6 Å². The minimum absolute atomic E-state index is 0.341. The van der Waals surface area contributed by atoms with Crippen LogP contribution in [-0.4, -0.2) is 20.8 Å². The molecule has 0 spiro atoms. The molecule has 0 unspecified atom stereocenters. The lowest BCUT2D eigenvalue weighted by atomic mass is 9.88. The second kappa shape index (κ2) is 13.1. The van der Waals surface area contributed by atoms with Gasteiger partial charge in [0.05, 0.1) is 28.1 Å². The van der Waals surface area contributed by atoms with Crippen LogP contribution in [0.4, 0.5) is 11.4 Å². The maximum atomic E-state index is 7.15. The summed E-state index contributed by atoms with van der Waals surface area (Å²) in [7, 11) is 0. The van der Waals surface area contributed by atoms with Crippen LogP contribution in [0.1, 0.15) is 94.5 Å². The Kier molecular flexibility index (Phi) is 8.02. The molecule has 54 heavy (non-hydrogen) atoms. The highest BCUT2D eigenvalue weighted by Gasteiger charge is 2.28. The Bertz CT molecular complexity index is 2640. The van der Waals surface area contributed by atoms with Crippen molar-refractivity contribution < 1.29 is 9.25 Å². The Morgan fingerprint density at radius 1 is 0.722 bits per heavy atom.